The number of carbonyl (C=O) groups excluding carboxylic acids is 2. The molecule has 2 N–H and O–H groups in total. The summed E-state index contributed by atoms with van der Waals surface area (Å²) in [6, 6.07) is -0.278. The van der Waals surface area contributed by atoms with Crippen molar-refractivity contribution in [2.75, 3.05) is 19.8 Å². The summed E-state index contributed by atoms with van der Waals surface area (Å²) in [4.78, 5) is 23.2. The monoisotopic (exact) mass is 282 g/mol. The fraction of sp³-hybridized carbons (Fsp3) is 0.571. The van der Waals surface area contributed by atoms with Gasteiger partial charge in [0.25, 0.3) is 0 Å². The van der Waals surface area contributed by atoms with Crippen molar-refractivity contribution in [3.8, 4) is 0 Å². The number of allylic oxidation sites excluding steroid dienone is 2. The van der Waals surface area contributed by atoms with Crippen LogP contribution in [0.3, 0.4) is 0 Å². The number of nitrogens with zero attached hydrogens (tertiary/aromatic N) is 1. The summed E-state index contributed by atoms with van der Waals surface area (Å²) in [6.45, 7) is 3.52. The lowest BCUT2D eigenvalue weighted by atomic mass is 9.99. The molecule has 0 aromatic rings. The summed E-state index contributed by atoms with van der Waals surface area (Å²) in [7, 11) is 0. The molecule has 6 nitrogen and oxygen atoms in total. The Labute approximate surface area is 119 Å². The largest absolute Gasteiger partial charge is 0.466 e. The van der Waals surface area contributed by atoms with Crippen molar-refractivity contribution in [3.05, 3.63) is 24.3 Å². The first-order valence-corrected chi connectivity index (χ1v) is 6.74. The van der Waals surface area contributed by atoms with Crippen LogP contribution < -0.4 is 5.43 Å². The van der Waals surface area contributed by atoms with Crippen LogP contribution >= 0.6 is 0 Å². The van der Waals surface area contributed by atoms with Crippen LogP contribution in [0, 0.1) is 5.92 Å². The molecule has 1 rings (SSSR count). The van der Waals surface area contributed by atoms with Gasteiger partial charge in [-0.05, 0) is 6.92 Å². The summed E-state index contributed by atoms with van der Waals surface area (Å²) < 4.78 is 4.95. The molecule has 1 atom stereocenters. The van der Waals surface area contributed by atoms with Gasteiger partial charge in [-0.2, -0.15) is 0 Å². The van der Waals surface area contributed by atoms with E-state index in [0.29, 0.717) is 6.61 Å². The quantitative estimate of drug-likeness (QED) is 0.497. The highest BCUT2D eigenvalue weighted by atomic mass is 16.5. The molecule has 1 unspecified atom stereocenters. The smallest absolute Gasteiger partial charge is 0.307 e. The second kappa shape index (κ2) is 8.50. The molecule has 112 valence electrons. The van der Waals surface area contributed by atoms with Gasteiger partial charge < -0.3 is 9.84 Å². The second-order valence-electron chi connectivity index (χ2n) is 4.49. The molecule has 20 heavy (non-hydrogen) atoms. The first kappa shape index (κ1) is 16.4. The van der Waals surface area contributed by atoms with Gasteiger partial charge in [0.15, 0.2) is 0 Å². The minimum Gasteiger partial charge on any atom is -0.466 e. The summed E-state index contributed by atoms with van der Waals surface area (Å²) in [5.41, 5.74) is 3.01. The first-order chi connectivity index (χ1) is 9.58. The van der Waals surface area contributed by atoms with E-state index in [2.05, 4.69) is 5.43 Å². The van der Waals surface area contributed by atoms with E-state index in [1.807, 2.05) is 24.3 Å². The van der Waals surface area contributed by atoms with E-state index in [-0.39, 0.29) is 43.4 Å². The van der Waals surface area contributed by atoms with Crippen LogP contribution in [0.2, 0.25) is 0 Å². The average molecular weight is 282 g/mol. The minimum absolute atomic E-state index is 0.0138. The predicted octanol–water partition coefficient (Wildman–Crippen LogP) is 0.396. The van der Waals surface area contributed by atoms with Crippen molar-refractivity contribution in [2.45, 2.75) is 26.3 Å². The van der Waals surface area contributed by atoms with Crippen molar-refractivity contribution in [1.29, 1.82) is 0 Å². The Hall–Kier alpha value is -1.66. The van der Waals surface area contributed by atoms with Gasteiger partial charge in [-0.1, -0.05) is 24.3 Å². The summed E-state index contributed by atoms with van der Waals surface area (Å²) in [6.07, 6.45) is 7.86. The maximum Gasteiger partial charge on any atom is 0.307 e. The summed E-state index contributed by atoms with van der Waals surface area (Å²) >= 11 is 0. The van der Waals surface area contributed by atoms with Crippen LogP contribution in [0.1, 0.15) is 20.3 Å². The van der Waals surface area contributed by atoms with Gasteiger partial charge in [0, 0.05) is 18.9 Å². The van der Waals surface area contributed by atoms with E-state index < -0.39 is 0 Å². The van der Waals surface area contributed by atoms with Crippen molar-refractivity contribution in [1.82, 2.24) is 10.4 Å². The second-order valence-corrected chi connectivity index (χ2v) is 4.49. The summed E-state index contributed by atoms with van der Waals surface area (Å²) in [5, 5.41) is 10.3. The Morgan fingerprint density at radius 3 is 2.55 bits per heavy atom. The third-order valence-electron chi connectivity index (χ3n) is 2.96. The van der Waals surface area contributed by atoms with Gasteiger partial charge in [0.2, 0.25) is 5.91 Å². The van der Waals surface area contributed by atoms with E-state index in [1.165, 1.54) is 11.9 Å². The molecule has 0 bridgehead atoms. The lowest BCUT2D eigenvalue weighted by Gasteiger charge is -2.29. The van der Waals surface area contributed by atoms with Crippen molar-refractivity contribution < 1.29 is 19.4 Å². The van der Waals surface area contributed by atoms with Crippen LogP contribution in [0.15, 0.2) is 24.3 Å². The number of rotatable bonds is 8. The molecule has 0 fully saturated rings. The first-order valence-electron chi connectivity index (χ1n) is 6.74. The number of aliphatic hydroxyl groups excluding tert-OH is 1. The van der Waals surface area contributed by atoms with E-state index in [4.69, 9.17) is 9.84 Å². The number of esters is 1. The number of carbonyl (C=O) groups is 2. The molecular formula is C14H22N2O4. The van der Waals surface area contributed by atoms with E-state index >= 15 is 0 Å². The Morgan fingerprint density at radius 2 is 2.05 bits per heavy atom. The average Bonchev–Trinajstić information content (AvgIpc) is 2.91. The van der Waals surface area contributed by atoms with Gasteiger partial charge in [0.1, 0.15) is 0 Å². The molecule has 1 amide bonds. The molecular weight excluding hydrogens is 260 g/mol. The SMILES string of the molecule is CCOC(=O)CC(NN(CCO)C(C)=O)C1C=CC=C1. The van der Waals surface area contributed by atoms with Gasteiger partial charge >= 0.3 is 5.97 Å². The maximum absolute atomic E-state index is 11.7. The summed E-state index contributed by atoms with van der Waals surface area (Å²) in [5.74, 6) is -0.509. The Kier molecular flexibility index (Phi) is 6.97. The highest BCUT2D eigenvalue weighted by Gasteiger charge is 2.25. The Bertz CT molecular complexity index is 381. The van der Waals surface area contributed by atoms with Gasteiger partial charge in [0.05, 0.1) is 26.2 Å². The number of ether oxygens (including phenoxy) is 1. The third-order valence-corrected chi connectivity index (χ3v) is 2.96. The third kappa shape index (κ3) is 5.14. The number of aliphatic hydroxyl groups is 1. The molecule has 0 radical (unpaired) electrons. The number of amides is 1. The molecule has 1 aliphatic rings. The van der Waals surface area contributed by atoms with Crippen LogP contribution in [-0.2, 0) is 14.3 Å². The van der Waals surface area contributed by atoms with Crippen LogP contribution in [-0.4, -0.2) is 47.8 Å². The molecule has 0 saturated heterocycles. The normalized spacial score (nSPS) is 15.3. The van der Waals surface area contributed by atoms with Crippen LogP contribution in [0.25, 0.3) is 0 Å². The number of hydrogen-bond donors (Lipinski definition) is 2. The zero-order chi connectivity index (χ0) is 15.0. The van der Waals surface area contributed by atoms with Gasteiger partial charge in [-0.15, -0.1) is 0 Å². The van der Waals surface area contributed by atoms with Crippen LogP contribution in [0.4, 0.5) is 0 Å². The highest BCUT2D eigenvalue weighted by molar-refractivity contribution is 5.73. The zero-order valence-electron chi connectivity index (χ0n) is 11.9. The van der Waals surface area contributed by atoms with Crippen molar-refractivity contribution in [2.24, 2.45) is 5.92 Å². The molecule has 0 aromatic carbocycles. The van der Waals surface area contributed by atoms with Crippen molar-refractivity contribution >= 4 is 11.9 Å². The molecule has 0 heterocycles. The molecule has 0 aromatic heterocycles. The minimum atomic E-state index is -0.314. The fourth-order valence-corrected chi connectivity index (χ4v) is 2.00. The molecule has 0 saturated carbocycles. The fourth-order valence-electron chi connectivity index (χ4n) is 2.00. The standard InChI is InChI=1S/C14H22N2O4/c1-3-20-14(19)10-13(12-6-4-5-7-12)15-16(8-9-17)11(2)18/h4-7,12-13,15,17H,3,8-10H2,1-2H3. The molecule has 6 heteroatoms. The van der Waals surface area contributed by atoms with Gasteiger partial charge in [-0.3, -0.25) is 14.6 Å². The number of hydrogen-bond acceptors (Lipinski definition) is 5. The molecule has 1 aliphatic carbocycles. The Balaban J connectivity index is 2.70. The lowest BCUT2D eigenvalue weighted by molar-refractivity contribution is -0.145. The number of hydrazine groups is 1. The molecule has 0 spiro atoms. The lowest BCUT2D eigenvalue weighted by Crippen LogP contribution is -2.51. The van der Waals surface area contributed by atoms with Gasteiger partial charge in [-0.25, -0.2) is 5.43 Å². The highest BCUT2D eigenvalue weighted by Crippen LogP contribution is 2.17. The van der Waals surface area contributed by atoms with E-state index in [9.17, 15) is 9.59 Å². The Morgan fingerprint density at radius 1 is 1.40 bits per heavy atom. The van der Waals surface area contributed by atoms with E-state index in [0.717, 1.165) is 0 Å². The van der Waals surface area contributed by atoms with E-state index in [1.54, 1.807) is 6.92 Å². The van der Waals surface area contributed by atoms with Crippen LogP contribution in [0.5, 0.6) is 0 Å². The zero-order valence-corrected chi connectivity index (χ0v) is 11.9. The predicted molar refractivity (Wildman–Crippen MR) is 74.4 cm³/mol. The topological polar surface area (TPSA) is 78.9 Å². The molecule has 0 aliphatic heterocycles. The maximum atomic E-state index is 11.7. The van der Waals surface area contributed by atoms with Crippen molar-refractivity contribution in [3.63, 3.8) is 0 Å². The number of nitrogens with one attached hydrogen (secondary N) is 1.